The Labute approximate surface area is 227 Å². The van der Waals surface area contributed by atoms with Crippen molar-refractivity contribution in [1.29, 1.82) is 0 Å². The smallest absolute Gasteiger partial charge is 0.478 e. The molecule has 2 bridgehead atoms. The predicted octanol–water partition coefficient (Wildman–Crippen LogP) is 7.68. The Balaban J connectivity index is 1.16. The highest BCUT2D eigenvalue weighted by Crippen LogP contribution is 2.51. The summed E-state index contributed by atoms with van der Waals surface area (Å²) in [5.41, 5.74) is 1.56. The number of aromatic carboxylic acids is 1. The van der Waals surface area contributed by atoms with E-state index >= 15 is 0 Å². The second-order valence-corrected chi connectivity index (χ2v) is 11.9. The Bertz CT molecular complexity index is 1340. The van der Waals surface area contributed by atoms with E-state index in [0.29, 0.717) is 39.7 Å². The van der Waals surface area contributed by atoms with Crippen molar-refractivity contribution < 1.29 is 37.1 Å². The maximum Gasteiger partial charge on any atom is 0.573 e. The number of rotatable bonds is 9. The number of para-hydroxylation sites is 1. The van der Waals surface area contributed by atoms with Crippen LogP contribution in [0.1, 0.15) is 66.1 Å². The summed E-state index contributed by atoms with van der Waals surface area (Å²) in [4.78, 5) is 12.3. The van der Waals surface area contributed by atoms with E-state index in [-0.39, 0.29) is 29.9 Å². The number of carboxylic acid groups (broad SMARTS) is 1. The molecule has 6 rings (SSSR count). The Morgan fingerprint density at radius 2 is 1.79 bits per heavy atom. The fourth-order valence-corrected chi connectivity index (χ4v) is 7.57. The van der Waals surface area contributed by atoms with Crippen LogP contribution in [-0.4, -0.2) is 33.9 Å². The molecule has 1 aromatic heterocycles. The summed E-state index contributed by atoms with van der Waals surface area (Å²) in [5, 5.41) is 13.9. The third-order valence-electron chi connectivity index (χ3n) is 7.92. The van der Waals surface area contributed by atoms with Crippen molar-refractivity contribution in [2.45, 2.75) is 73.7 Å². The maximum absolute atomic E-state index is 13.1. The minimum atomic E-state index is -4.82. The molecule has 0 saturated heterocycles. The number of benzene rings is 2. The summed E-state index contributed by atoms with van der Waals surface area (Å²) in [6.07, 6.45) is 1.11. The molecule has 1 N–H and O–H groups in total. The lowest BCUT2D eigenvalue weighted by Crippen LogP contribution is -2.32. The van der Waals surface area contributed by atoms with Gasteiger partial charge in [0.1, 0.15) is 17.2 Å². The van der Waals surface area contributed by atoms with Gasteiger partial charge in [0, 0.05) is 27.2 Å². The average molecular weight is 560 g/mol. The van der Waals surface area contributed by atoms with Crippen LogP contribution in [0.4, 0.5) is 13.2 Å². The summed E-state index contributed by atoms with van der Waals surface area (Å²) in [5.74, 6) is 0.576. The number of carbonyl (C=O) groups is 1. The Morgan fingerprint density at radius 1 is 1.05 bits per heavy atom. The molecule has 0 spiro atoms. The van der Waals surface area contributed by atoms with Gasteiger partial charge in [-0.15, -0.1) is 24.9 Å². The fourth-order valence-electron chi connectivity index (χ4n) is 6.02. The molecule has 0 amide bonds. The quantitative estimate of drug-likeness (QED) is 0.288. The minimum absolute atomic E-state index is 0.0289. The maximum atomic E-state index is 13.1. The molecular weight excluding hydrogens is 531 g/mol. The number of thioether (sulfide) groups is 1. The first-order valence-electron chi connectivity index (χ1n) is 13.2. The summed E-state index contributed by atoms with van der Waals surface area (Å²) in [6.45, 7) is 0.216. The normalized spacial score (nSPS) is 24.6. The lowest BCUT2D eigenvalue weighted by molar-refractivity contribution is -0.274. The van der Waals surface area contributed by atoms with E-state index in [4.69, 9.17) is 9.26 Å². The molecule has 2 atom stereocenters. The third kappa shape index (κ3) is 5.82. The molecule has 0 aliphatic heterocycles. The largest absolute Gasteiger partial charge is 0.573 e. The molecule has 3 saturated carbocycles. The van der Waals surface area contributed by atoms with Gasteiger partial charge in [0.25, 0.3) is 0 Å². The minimum Gasteiger partial charge on any atom is -0.478 e. The molecule has 39 heavy (non-hydrogen) atoms. The van der Waals surface area contributed by atoms with Crippen molar-refractivity contribution >= 4 is 17.7 Å². The zero-order valence-corrected chi connectivity index (χ0v) is 21.8. The molecule has 3 aromatic rings. The monoisotopic (exact) mass is 559 g/mol. The topological polar surface area (TPSA) is 81.8 Å². The van der Waals surface area contributed by atoms with Gasteiger partial charge in [0.15, 0.2) is 0 Å². The number of fused-ring (bicyclic) bond motifs is 2. The second kappa shape index (κ2) is 10.5. The van der Waals surface area contributed by atoms with Crippen LogP contribution in [0, 0.1) is 11.8 Å². The Kier molecular flexibility index (Phi) is 7.09. The number of hydrogen-bond donors (Lipinski definition) is 1. The lowest BCUT2D eigenvalue weighted by atomic mass is 9.86. The van der Waals surface area contributed by atoms with Gasteiger partial charge >= 0.3 is 12.3 Å². The van der Waals surface area contributed by atoms with Gasteiger partial charge < -0.3 is 19.1 Å². The van der Waals surface area contributed by atoms with E-state index in [0.717, 1.165) is 43.4 Å². The number of hydrogen-bond acceptors (Lipinski definition) is 6. The van der Waals surface area contributed by atoms with Crippen molar-refractivity contribution in [3.63, 3.8) is 0 Å². The molecule has 1 heterocycles. The standard InChI is InChI=1S/C29H28F3NO5S/c30-29(31,32)37-24-7-2-1-6-22(24)25-23(26(38-33-25)16-8-9-16)15-36-20-12-17-10-11-18(13-20)27(17)39-21-5-3-4-19(14-21)28(34)35/h1-7,14,16-18,20,27H,8-13,15H2,(H,34,35). The van der Waals surface area contributed by atoms with Crippen LogP contribution < -0.4 is 4.74 Å². The van der Waals surface area contributed by atoms with Crippen molar-refractivity contribution in [2.75, 3.05) is 0 Å². The molecule has 2 unspecified atom stereocenters. The van der Waals surface area contributed by atoms with E-state index < -0.39 is 12.3 Å². The fraction of sp³-hybridized carbons (Fsp3) is 0.448. The van der Waals surface area contributed by atoms with Gasteiger partial charge in [-0.1, -0.05) is 23.4 Å². The molecule has 3 aliphatic rings. The van der Waals surface area contributed by atoms with Crippen molar-refractivity contribution in [2.24, 2.45) is 11.8 Å². The second-order valence-electron chi connectivity index (χ2n) is 10.6. The Morgan fingerprint density at radius 3 is 2.49 bits per heavy atom. The first kappa shape index (κ1) is 26.3. The number of alkyl halides is 3. The summed E-state index contributed by atoms with van der Waals surface area (Å²) >= 11 is 1.76. The van der Waals surface area contributed by atoms with Crippen LogP contribution in [0.25, 0.3) is 11.3 Å². The number of ether oxygens (including phenoxy) is 2. The highest BCUT2D eigenvalue weighted by Gasteiger charge is 2.44. The number of nitrogens with zero attached hydrogens (tertiary/aromatic N) is 1. The van der Waals surface area contributed by atoms with E-state index in [1.54, 1.807) is 42.1 Å². The first-order chi connectivity index (χ1) is 18.7. The molecule has 2 aromatic carbocycles. The summed E-state index contributed by atoms with van der Waals surface area (Å²) < 4.78 is 55.5. The van der Waals surface area contributed by atoms with Crippen LogP contribution in [-0.2, 0) is 11.3 Å². The zero-order valence-electron chi connectivity index (χ0n) is 21.0. The van der Waals surface area contributed by atoms with Gasteiger partial charge in [-0.05, 0) is 80.7 Å². The molecule has 6 nitrogen and oxygen atoms in total. The van der Waals surface area contributed by atoms with E-state index in [9.17, 15) is 23.1 Å². The molecule has 10 heteroatoms. The molecule has 3 aliphatic carbocycles. The zero-order chi connectivity index (χ0) is 27.1. The molecular formula is C29H28F3NO5S. The van der Waals surface area contributed by atoms with Crippen LogP contribution >= 0.6 is 11.8 Å². The van der Waals surface area contributed by atoms with E-state index in [2.05, 4.69) is 9.89 Å². The van der Waals surface area contributed by atoms with Gasteiger partial charge in [-0.2, -0.15) is 0 Å². The third-order valence-corrected chi connectivity index (χ3v) is 9.49. The number of carboxylic acids is 1. The van der Waals surface area contributed by atoms with Gasteiger partial charge in [-0.25, -0.2) is 4.79 Å². The van der Waals surface area contributed by atoms with Gasteiger partial charge in [-0.3, -0.25) is 0 Å². The number of halogens is 3. The molecule has 206 valence electrons. The van der Waals surface area contributed by atoms with E-state index in [1.807, 2.05) is 6.07 Å². The predicted molar refractivity (Wildman–Crippen MR) is 138 cm³/mol. The van der Waals surface area contributed by atoms with Gasteiger partial charge in [0.05, 0.1) is 18.3 Å². The van der Waals surface area contributed by atoms with Gasteiger partial charge in [0.2, 0.25) is 0 Å². The van der Waals surface area contributed by atoms with Crippen molar-refractivity contribution in [1.82, 2.24) is 5.16 Å². The SMILES string of the molecule is O=C(O)c1cccc(SC2C3CCC2CC(OCc2c(-c4ccccc4OC(F)(F)F)noc2C2CC2)C3)c1. The summed E-state index contributed by atoms with van der Waals surface area (Å²) in [6, 6.07) is 13.1. The average Bonchev–Trinajstić information content (AvgIpc) is 3.61. The highest BCUT2D eigenvalue weighted by molar-refractivity contribution is 8.00. The molecule has 3 fully saturated rings. The lowest BCUT2D eigenvalue weighted by Gasteiger charge is -2.35. The first-order valence-corrected chi connectivity index (χ1v) is 14.1. The summed E-state index contributed by atoms with van der Waals surface area (Å²) in [7, 11) is 0. The van der Waals surface area contributed by atoms with Crippen LogP contribution in [0.2, 0.25) is 0 Å². The highest BCUT2D eigenvalue weighted by atomic mass is 32.2. The van der Waals surface area contributed by atoms with Crippen LogP contribution in [0.5, 0.6) is 5.75 Å². The van der Waals surface area contributed by atoms with Crippen molar-refractivity contribution in [3.05, 3.63) is 65.4 Å². The van der Waals surface area contributed by atoms with E-state index in [1.165, 1.54) is 12.1 Å². The van der Waals surface area contributed by atoms with Crippen LogP contribution in [0.3, 0.4) is 0 Å². The van der Waals surface area contributed by atoms with Crippen LogP contribution in [0.15, 0.2) is 57.9 Å². The Hall–Kier alpha value is -2.98. The van der Waals surface area contributed by atoms with Crippen molar-refractivity contribution in [3.8, 4) is 17.0 Å². The number of aromatic nitrogens is 1. The molecule has 0 radical (unpaired) electrons.